The highest BCUT2D eigenvalue weighted by Crippen LogP contribution is 2.06. The quantitative estimate of drug-likeness (QED) is 0.716. The predicted octanol–water partition coefficient (Wildman–Crippen LogP) is 3.09. The molecule has 26 heavy (non-hydrogen) atoms. The van der Waals surface area contributed by atoms with Gasteiger partial charge in [0.15, 0.2) is 0 Å². The topological polar surface area (TPSA) is 67.4 Å². The van der Waals surface area contributed by atoms with Crippen LogP contribution in [0.5, 0.6) is 0 Å². The van der Waals surface area contributed by atoms with Crippen LogP contribution in [0.1, 0.15) is 24.5 Å². The van der Waals surface area contributed by atoms with Crippen LogP contribution in [0.3, 0.4) is 0 Å². The maximum atomic E-state index is 12.3. The average molecular weight is 354 g/mol. The SMILES string of the molecule is COC(=O)[C@H](Cc1ccccc1)NC(=O)N[C@@H](C)CCc1ccccc1. The van der Waals surface area contributed by atoms with Crippen molar-refractivity contribution in [3.8, 4) is 0 Å². The van der Waals surface area contributed by atoms with Gasteiger partial charge in [-0.3, -0.25) is 0 Å². The summed E-state index contributed by atoms with van der Waals surface area (Å²) in [5.74, 6) is -0.457. The first kappa shape index (κ1) is 19.5. The highest BCUT2D eigenvalue weighted by atomic mass is 16.5. The van der Waals surface area contributed by atoms with Gasteiger partial charge in [-0.1, -0.05) is 60.7 Å². The number of aryl methyl sites for hydroxylation is 1. The van der Waals surface area contributed by atoms with E-state index in [0.29, 0.717) is 6.42 Å². The molecule has 2 N–H and O–H groups in total. The van der Waals surface area contributed by atoms with Crippen molar-refractivity contribution < 1.29 is 14.3 Å². The van der Waals surface area contributed by atoms with E-state index in [1.165, 1.54) is 12.7 Å². The molecule has 0 bridgehead atoms. The van der Waals surface area contributed by atoms with Gasteiger partial charge in [0.05, 0.1) is 7.11 Å². The van der Waals surface area contributed by atoms with Crippen LogP contribution in [0.15, 0.2) is 60.7 Å². The van der Waals surface area contributed by atoms with E-state index in [9.17, 15) is 9.59 Å². The van der Waals surface area contributed by atoms with E-state index in [2.05, 4.69) is 22.8 Å². The van der Waals surface area contributed by atoms with Crippen molar-refractivity contribution >= 4 is 12.0 Å². The Morgan fingerprint density at radius 3 is 2.08 bits per heavy atom. The minimum absolute atomic E-state index is 0.00905. The molecule has 2 amide bonds. The molecule has 0 heterocycles. The third-order valence-corrected chi connectivity index (χ3v) is 4.16. The summed E-state index contributed by atoms with van der Waals surface area (Å²) in [6.07, 6.45) is 2.09. The lowest BCUT2D eigenvalue weighted by molar-refractivity contribution is -0.142. The van der Waals surface area contributed by atoms with Crippen LogP contribution in [-0.2, 0) is 22.4 Å². The molecule has 0 radical (unpaired) electrons. The number of hydrogen-bond acceptors (Lipinski definition) is 3. The summed E-state index contributed by atoms with van der Waals surface area (Å²) < 4.78 is 4.81. The van der Waals surface area contributed by atoms with Gasteiger partial charge in [-0.25, -0.2) is 9.59 Å². The number of hydrogen-bond donors (Lipinski definition) is 2. The monoisotopic (exact) mass is 354 g/mol. The molecule has 0 aliphatic carbocycles. The Hall–Kier alpha value is -2.82. The Kier molecular flexibility index (Phi) is 7.68. The summed E-state index contributed by atoms with van der Waals surface area (Å²) in [4.78, 5) is 24.2. The highest BCUT2D eigenvalue weighted by molar-refractivity contribution is 5.83. The Morgan fingerprint density at radius 1 is 0.923 bits per heavy atom. The van der Waals surface area contributed by atoms with Crippen LogP contribution in [0.2, 0.25) is 0 Å². The van der Waals surface area contributed by atoms with Crippen molar-refractivity contribution in [1.82, 2.24) is 10.6 Å². The number of methoxy groups -OCH3 is 1. The summed E-state index contributed by atoms with van der Waals surface area (Å²) in [5.41, 5.74) is 2.19. The number of carbonyl (C=O) groups excluding carboxylic acids is 2. The smallest absolute Gasteiger partial charge is 0.328 e. The van der Waals surface area contributed by atoms with Crippen LogP contribution in [0, 0.1) is 0 Å². The number of rotatable bonds is 8. The van der Waals surface area contributed by atoms with Crippen molar-refractivity contribution in [2.45, 2.75) is 38.3 Å². The molecule has 2 atom stereocenters. The van der Waals surface area contributed by atoms with Crippen LogP contribution in [-0.4, -0.2) is 31.2 Å². The predicted molar refractivity (Wildman–Crippen MR) is 102 cm³/mol. The van der Waals surface area contributed by atoms with Crippen LogP contribution in [0.4, 0.5) is 4.79 Å². The molecule has 2 rings (SSSR count). The third kappa shape index (κ3) is 6.59. The fraction of sp³-hybridized carbons (Fsp3) is 0.333. The van der Waals surface area contributed by atoms with E-state index in [4.69, 9.17) is 4.74 Å². The van der Waals surface area contributed by atoms with Gasteiger partial charge in [-0.15, -0.1) is 0 Å². The first-order chi connectivity index (χ1) is 12.6. The number of esters is 1. The van der Waals surface area contributed by atoms with Gasteiger partial charge in [0.2, 0.25) is 0 Å². The number of benzene rings is 2. The van der Waals surface area contributed by atoms with Crippen molar-refractivity contribution in [2.24, 2.45) is 0 Å². The van der Waals surface area contributed by atoms with E-state index in [1.807, 2.05) is 55.5 Å². The molecule has 5 nitrogen and oxygen atoms in total. The fourth-order valence-corrected chi connectivity index (χ4v) is 2.71. The Balaban J connectivity index is 1.84. The maximum absolute atomic E-state index is 12.3. The molecule has 0 unspecified atom stereocenters. The largest absolute Gasteiger partial charge is 0.467 e. The first-order valence-electron chi connectivity index (χ1n) is 8.81. The minimum Gasteiger partial charge on any atom is -0.467 e. The number of ether oxygens (including phenoxy) is 1. The van der Waals surface area contributed by atoms with E-state index in [0.717, 1.165) is 18.4 Å². The molecule has 0 aromatic heterocycles. The van der Waals surface area contributed by atoms with Crippen molar-refractivity contribution in [2.75, 3.05) is 7.11 Å². The second-order valence-electron chi connectivity index (χ2n) is 6.31. The molecule has 2 aromatic carbocycles. The lowest BCUT2D eigenvalue weighted by Gasteiger charge is -2.19. The zero-order chi connectivity index (χ0) is 18.8. The zero-order valence-corrected chi connectivity index (χ0v) is 15.3. The van der Waals surface area contributed by atoms with Gasteiger partial charge in [-0.2, -0.15) is 0 Å². The Bertz CT molecular complexity index is 689. The van der Waals surface area contributed by atoms with Crippen molar-refractivity contribution in [3.63, 3.8) is 0 Å². The van der Waals surface area contributed by atoms with Crippen molar-refractivity contribution in [1.29, 1.82) is 0 Å². The van der Waals surface area contributed by atoms with E-state index < -0.39 is 12.0 Å². The number of amides is 2. The van der Waals surface area contributed by atoms with Gasteiger partial charge in [0.1, 0.15) is 6.04 Å². The molecule has 2 aromatic rings. The average Bonchev–Trinajstić information content (AvgIpc) is 2.67. The standard InChI is InChI=1S/C21H26N2O3/c1-16(13-14-17-9-5-3-6-10-17)22-21(25)23-19(20(24)26-2)15-18-11-7-4-8-12-18/h3-12,16,19H,13-15H2,1-2H3,(H2,22,23,25)/t16-,19-/m0/s1. The molecule has 0 saturated heterocycles. The summed E-state index contributed by atoms with van der Waals surface area (Å²) in [6, 6.07) is 18.6. The maximum Gasteiger partial charge on any atom is 0.328 e. The summed E-state index contributed by atoms with van der Waals surface area (Å²) >= 11 is 0. The van der Waals surface area contributed by atoms with Crippen LogP contribution >= 0.6 is 0 Å². The highest BCUT2D eigenvalue weighted by Gasteiger charge is 2.22. The van der Waals surface area contributed by atoms with Gasteiger partial charge in [-0.05, 0) is 30.9 Å². The van der Waals surface area contributed by atoms with Gasteiger partial charge in [0, 0.05) is 12.5 Å². The van der Waals surface area contributed by atoms with Gasteiger partial charge >= 0.3 is 12.0 Å². The Morgan fingerprint density at radius 2 is 1.50 bits per heavy atom. The molecule has 138 valence electrons. The normalized spacial score (nSPS) is 12.7. The van der Waals surface area contributed by atoms with E-state index in [1.54, 1.807) is 0 Å². The van der Waals surface area contributed by atoms with E-state index in [-0.39, 0.29) is 12.1 Å². The summed E-state index contributed by atoms with van der Waals surface area (Å²) in [5, 5.41) is 5.61. The number of carbonyl (C=O) groups is 2. The first-order valence-corrected chi connectivity index (χ1v) is 8.81. The minimum atomic E-state index is -0.719. The molecule has 5 heteroatoms. The van der Waals surface area contributed by atoms with Gasteiger partial charge < -0.3 is 15.4 Å². The lowest BCUT2D eigenvalue weighted by atomic mass is 10.1. The summed E-state index contributed by atoms with van der Waals surface area (Å²) in [7, 11) is 1.32. The molecule has 0 fully saturated rings. The van der Waals surface area contributed by atoms with Crippen LogP contribution < -0.4 is 10.6 Å². The Labute approximate surface area is 154 Å². The van der Waals surface area contributed by atoms with Gasteiger partial charge in [0.25, 0.3) is 0 Å². The molecular formula is C21H26N2O3. The lowest BCUT2D eigenvalue weighted by Crippen LogP contribution is -2.49. The number of urea groups is 1. The second-order valence-corrected chi connectivity index (χ2v) is 6.31. The molecule has 0 saturated carbocycles. The molecule has 0 aliphatic rings. The zero-order valence-electron chi connectivity index (χ0n) is 15.3. The molecular weight excluding hydrogens is 328 g/mol. The fourth-order valence-electron chi connectivity index (χ4n) is 2.71. The van der Waals surface area contributed by atoms with E-state index >= 15 is 0 Å². The second kappa shape index (κ2) is 10.2. The third-order valence-electron chi connectivity index (χ3n) is 4.16. The van der Waals surface area contributed by atoms with Crippen molar-refractivity contribution in [3.05, 3.63) is 71.8 Å². The molecule has 0 aliphatic heterocycles. The molecule has 0 spiro atoms. The van der Waals surface area contributed by atoms with Crippen LogP contribution in [0.25, 0.3) is 0 Å². The summed E-state index contributed by atoms with van der Waals surface area (Å²) in [6.45, 7) is 1.95. The number of nitrogens with one attached hydrogen (secondary N) is 2.